The van der Waals surface area contributed by atoms with Crippen LogP contribution in [0.1, 0.15) is 66.5 Å². The largest absolute Gasteiger partial charge is 0.642 e. The lowest BCUT2D eigenvalue weighted by molar-refractivity contribution is 0.510. The quantitative estimate of drug-likeness (QED) is 0.236. The first-order valence-corrected chi connectivity index (χ1v) is 17.8. The van der Waals surface area contributed by atoms with Crippen molar-refractivity contribution in [3.05, 3.63) is 56.3 Å². The molecule has 0 heterocycles. The molecule has 0 aromatic heterocycles. The van der Waals surface area contributed by atoms with E-state index in [1.807, 2.05) is 0 Å². The summed E-state index contributed by atoms with van der Waals surface area (Å²) in [5.41, 5.74) is 2.53. The van der Waals surface area contributed by atoms with Gasteiger partial charge in [-0.2, -0.15) is 0 Å². The summed E-state index contributed by atoms with van der Waals surface area (Å²) in [6.45, 7) is 23.1. The number of aryl methyl sites for hydroxylation is 2. The van der Waals surface area contributed by atoms with Crippen molar-refractivity contribution in [1.82, 2.24) is 0 Å². The van der Waals surface area contributed by atoms with Crippen molar-refractivity contribution >= 4 is 29.0 Å². The van der Waals surface area contributed by atoms with Crippen LogP contribution in [-0.2, 0) is 0 Å². The monoisotopic (exact) mass is 492 g/mol. The van der Waals surface area contributed by atoms with E-state index in [2.05, 4.69) is 93.5 Å². The van der Waals surface area contributed by atoms with Crippen molar-refractivity contribution < 1.29 is 7.58 Å². The van der Waals surface area contributed by atoms with Crippen LogP contribution in [0, 0.1) is 58.4 Å². The molecule has 1 aliphatic rings. The highest BCUT2D eigenvalue weighted by Crippen LogP contribution is 2.35. The van der Waals surface area contributed by atoms with Crippen LogP contribution < -0.4 is 7.58 Å². The van der Waals surface area contributed by atoms with Crippen LogP contribution in [0.25, 0.3) is 0 Å². The van der Waals surface area contributed by atoms with E-state index in [0.29, 0.717) is 23.7 Å². The lowest BCUT2D eigenvalue weighted by Crippen LogP contribution is -2.27. The molecule has 2 aromatic rings. The van der Waals surface area contributed by atoms with Gasteiger partial charge in [0.15, 0.2) is 0 Å². The molecule has 0 saturated carbocycles. The van der Waals surface area contributed by atoms with Crippen molar-refractivity contribution in [1.29, 1.82) is 0 Å². The maximum absolute atomic E-state index is 7.01. The van der Waals surface area contributed by atoms with Gasteiger partial charge in [0.1, 0.15) is 0 Å². The van der Waals surface area contributed by atoms with Crippen LogP contribution >= 0.6 is 0 Å². The van der Waals surface area contributed by atoms with Gasteiger partial charge in [0.05, 0.1) is 11.5 Å². The molecule has 0 aliphatic heterocycles. The zero-order valence-corrected chi connectivity index (χ0v) is 25.7. The SMILES string of the molecule is Cc1ccc2c(c1[O][Al]([CH2]C(C)C)[CH2]C(C)C)=c1c([O][Al]([CH2]C(C)C)[CH2]C(C)C)c(C)ccc1=2. The molecule has 0 N–H and O–H groups in total. The first-order chi connectivity index (χ1) is 16.0. The average Bonchev–Trinajstić information content (AvgIpc) is 2.67. The van der Waals surface area contributed by atoms with Gasteiger partial charge in [0.2, 0.25) is 0 Å². The maximum Gasteiger partial charge on any atom is 0.547 e. The molecular weight excluding hydrogens is 446 g/mol. The Labute approximate surface area is 217 Å². The third-order valence-electron chi connectivity index (χ3n) is 6.76. The van der Waals surface area contributed by atoms with Crippen LogP contribution in [0.4, 0.5) is 0 Å². The van der Waals surface area contributed by atoms with E-state index in [0.717, 1.165) is 11.5 Å². The molecule has 0 radical (unpaired) electrons. The van der Waals surface area contributed by atoms with E-state index in [4.69, 9.17) is 7.58 Å². The van der Waals surface area contributed by atoms with Gasteiger partial charge in [-0.05, 0) is 35.4 Å². The highest BCUT2D eigenvalue weighted by Gasteiger charge is 2.30. The van der Waals surface area contributed by atoms with Crippen molar-refractivity contribution in [3.8, 4) is 11.5 Å². The number of rotatable bonds is 12. The Balaban J connectivity index is 2.14. The zero-order valence-electron chi connectivity index (χ0n) is 23.4. The molecule has 1 aliphatic carbocycles. The Morgan fingerprint density at radius 3 is 1.09 bits per heavy atom. The van der Waals surface area contributed by atoms with Gasteiger partial charge in [0, 0.05) is 10.4 Å². The second kappa shape index (κ2) is 11.9. The first-order valence-electron chi connectivity index (χ1n) is 13.6. The second-order valence-corrected chi connectivity index (χ2v) is 17.1. The highest BCUT2D eigenvalue weighted by molar-refractivity contribution is 6.53. The molecule has 0 bridgehead atoms. The van der Waals surface area contributed by atoms with Crippen LogP contribution in [0.5, 0.6) is 11.5 Å². The number of hydrogen-bond donors (Lipinski definition) is 0. The summed E-state index contributed by atoms with van der Waals surface area (Å²) < 4.78 is 14.0. The Morgan fingerprint density at radius 2 is 0.824 bits per heavy atom. The maximum atomic E-state index is 7.01. The van der Waals surface area contributed by atoms with E-state index >= 15 is 0 Å². The molecule has 2 nitrogen and oxygen atoms in total. The molecule has 0 saturated heterocycles. The number of hydrogen-bond acceptors (Lipinski definition) is 2. The topological polar surface area (TPSA) is 18.5 Å². The minimum absolute atomic E-state index is 0.678. The third-order valence-corrected chi connectivity index (χ3v) is 13.8. The van der Waals surface area contributed by atoms with E-state index < -0.39 is 29.0 Å². The molecule has 3 rings (SSSR count). The second-order valence-electron chi connectivity index (χ2n) is 12.3. The molecule has 0 unspecified atom stereocenters. The van der Waals surface area contributed by atoms with Gasteiger partial charge in [-0.3, -0.25) is 0 Å². The van der Waals surface area contributed by atoms with Gasteiger partial charge < -0.3 is 7.58 Å². The average molecular weight is 493 g/mol. The zero-order chi connectivity index (χ0) is 25.2. The minimum Gasteiger partial charge on any atom is -0.642 e. The molecular formula is C30H46Al2O2. The summed E-state index contributed by atoms with van der Waals surface area (Å²) in [7, 11) is 0. The molecule has 34 heavy (non-hydrogen) atoms. The van der Waals surface area contributed by atoms with Crippen molar-refractivity contribution in [3.63, 3.8) is 0 Å². The number of fused-ring (bicyclic) bond motifs is 2. The van der Waals surface area contributed by atoms with Gasteiger partial charge in [-0.15, -0.1) is 0 Å². The van der Waals surface area contributed by atoms with Crippen LogP contribution in [-0.4, -0.2) is 29.0 Å². The van der Waals surface area contributed by atoms with E-state index in [1.165, 1.54) is 53.1 Å². The minimum atomic E-state index is -1.36. The summed E-state index contributed by atoms with van der Waals surface area (Å²) in [6.07, 6.45) is 0. The van der Waals surface area contributed by atoms with Crippen LogP contribution in [0.15, 0.2) is 24.3 Å². The van der Waals surface area contributed by atoms with E-state index in [-0.39, 0.29) is 0 Å². The molecule has 0 atom stereocenters. The molecule has 0 amide bonds. The smallest absolute Gasteiger partial charge is 0.547 e. The van der Waals surface area contributed by atoms with Crippen molar-refractivity contribution in [2.75, 3.05) is 0 Å². The van der Waals surface area contributed by atoms with Gasteiger partial charge in [0.25, 0.3) is 0 Å². The fraction of sp³-hybridized carbons (Fsp3) is 0.600. The van der Waals surface area contributed by atoms with Crippen molar-refractivity contribution in [2.45, 2.75) is 90.4 Å². The van der Waals surface area contributed by atoms with Gasteiger partial charge in [-0.25, -0.2) is 0 Å². The molecule has 0 fully saturated rings. The molecule has 4 heteroatoms. The fourth-order valence-corrected chi connectivity index (χ4v) is 11.6. The lowest BCUT2D eigenvalue weighted by atomic mass is 9.96. The van der Waals surface area contributed by atoms with E-state index in [9.17, 15) is 0 Å². The predicted octanol–water partition coefficient (Wildman–Crippen LogP) is 8.56. The number of benzene rings is 2. The van der Waals surface area contributed by atoms with E-state index in [1.54, 1.807) is 0 Å². The highest BCUT2D eigenvalue weighted by atomic mass is 27.2. The Bertz CT molecular complexity index is 1060. The molecule has 184 valence electrons. The summed E-state index contributed by atoms with van der Waals surface area (Å²) in [6, 6.07) is 9.08. The normalized spacial score (nSPS) is 12.2. The standard InChI is InChI=1S/C14H12O2.4C4H9.2Al/c1-7-3-5-9-10-6-4-8(2)14(16)12(10)11(9)13(7)15;4*1-4(2)3;;/h3-6,15-16H,1-2H3;4*4H,1H2,2-3H3;;/q;;;;;2*+1/p-2. The molecule has 0 spiro atoms. The lowest BCUT2D eigenvalue weighted by Gasteiger charge is -2.25. The summed E-state index contributed by atoms with van der Waals surface area (Å²) in [4.78, 5) is 0. The summed E-state index contributed by atoms with van der Waals surface area (Å²) >= 11 is -2.72. The van der Waals surface area contributed by atoms with Gasteiger partial charge >= 0.3 is 29.0 Å². The van der Waals surface area contributed by atoms with Crippen LogP contribution in [0.2, 0.25) is 21.1 Å². The Hall–Kier alpha value is -0.895. The summed E-state index contributed by atoms with van der Waals surface area (Å²) in [5.74, 6) is 5.00. The Morgan fingerprint density at radius 1 is 0.529 bits per heavy atom. The fourth-order valence-electron chi connectivity index (χ4n) is 5.38. The van der Waals surface area contributed by atoms with Crippen molar-refractivity contribution in [2.24, 2.45) is 23.7 Å². The van der Waals surface area contributed by atoms with Crippen LogP contribution in [0.3, 0.4) is 0 Å². The predicted molar refractivity (Wildman–Crippen MR) is 149 cm³/mol. The third kappa shape index (κ3) is 6.65. The Kier molecular flexibility index (Phi) is 9.69. The first kappa shape index (κ1) is 27.7. The summed E-state index contributed by atoms with van der Waals surface area (Å²) in [5, 5.41) is 10.2. The van der Waals surface area contributed by atoms with Gasteiger partial charge in [-0.1, -0.05) is 124 Å². The molecule has 2 aromatic carbocycles.